The van der Waals surface area contributed by atoms with E-state index in [9.17, 15) is 36.7 Å². The summed E-state index contributed by atoms with van der Waals surface area (Å²) >= 11 is -2.50. The van der Waals surface area contributed by atoms with Gasteiger partial charge < -0.3 is 24.1 Å². The van der Waals surface area contributed by atoms with Crippen LogP contribution in [0.3, 0.4) is 0 Å². The van der Waals surface area contributed by atoms with E-state index in [1.807, 2.05) is 0 Å². The number of aromatic nitrogens is 2. The molecule has 0 radical (unpaired) electrons. The summed E-state index contributed by atoms with van der Waals surface area (Å²) in [5.74, 6) is -1.23. The Kier molecular flexibility index (Phi) is 10.4. The molecule has 0 bridgehead atoms. The Balaban J connectivity index is 1.63. The van der Waals surface area contributed by atoms with E-state index >= 15 is 0 Å². The predicted molar refractivity (Wildman–Crippen MR) is 132 cm³/mol. The lowest BCUT2D eigenvalue weighted by Crippen LogP contribution is -2.30. The number of ether oxygens (including phenoxy) is 2. The zero-order valence-electron chi connectivity index (χ0n) is 21.6. The van der Waals surface area contributed by atoms with Gasteiger partial charge in [-0.15, -0.1) is 5.01 Å². The van der Waals surface area contributed by atoms with Crippen LogP contribution in [0.4, 0.5) is 13.2 Å². The number of alkyl halides is 3. The Hall–Kier alpha value is -4.51. The lowest BCUT2D eigenvalue weighted by Gasteiger charge is -2.13. The van der Waals surface area contributed by atoms with Crippen molar-refractivity contribution in [3.63, 3.8) is 0 Å². The molecular formula is C24H23F3N5O8S-. The fraction of sp³-hybridized carbons (Fsp3) is 0.292. The van der Waals surface area contributed by atoms with Crippen LogP contribution in [0.25, 0.3) is 16.9 Å². The molecule has 0 saturated carbocycles. The maximum atomic E-state index is 13.4. The molecule has 0 aliphatic carbocycles. The number of likely N-dealkylation sites (N-methyl/N-ethyl adjacent to an activating group) is 1. The zero-order valence-corrected chi connectivity index (χ0v) is 22.4. The van der Waals surface area contributed by atoms with Gasteiger partial charge >= 0.3 is 18.1 Å². The maximum absolute atomic E-state index is 13.4. The van der Waals surface area contributed by atoms with Gasteiger partial charge in [-0.25, -0.2) is 4.68 Å². The van der Waals surface area contributed by atoms with Crippen LogP contribution >= 0.6 is 0 Å². The van der Waals surface area contributed by atoms with E-state index in [1.165, 1.54) is 55.6 Å². The molecule has 0 aliphatic rings. The molecule has 0 N–H and O–H groups in total. The van der Waals surface area contributed by atoms with Crippen molar-refractivity contribution in [3.05, 3.63) is 71.1 Å². The summed E-state index contributed by atoms with van der Waals surface area (Å²) in [6.45, 7) is 0.414. The van der Waals surface area contributed by atoms with E-state index in [2.05, 4.69) is 20.0 Å². The molecule has 1 aromatic heterocycles. The summed E-state index contributed by atoms with van der Waals surface area (Å²) in [6, 6.07) is 12.1. The van der Waals surface area contributed by atoms with E-state index in [4.69, 9.17) is 4.74 Å². The van der Waals surface area contributed by atoms with Crippen molar-refractivity contribution in [1.82, 2.24) is 14.8 Å². The van der Waals surface area contributed by atoms with Crippen molar-refractivity contribution >= 4 is 23.0 Å². The highest BCUT2D eigenvalue weighted by molar-refractivity contribution is 7.79. The first-order valence-corrected chi connectivity index (χ1v) is 12.7. The quantitative estimate of drug-likeness (QED) is 0.0576. The van der Waals surface area contributed by atoms with Gasteiger partial charge in [-0.05, 0) is 47.0 Å². The fourth-order valence-electron chi connectivity index (χ4n) is 3.25. The summed E-state index contributed by atoms with van der Waals surface area (Å²) in [4.78, 5) is 27.4. The van der Waals surface area contributed by atoms with Crippen LogP contribution < -0.4 is 0 Å². The smallest absolute Gasteiger partial charge is 0.435 e. The number of hydrazine groups is 1. The van der Waals surface area contributed by atoms with Gasteiger partial charge in [-0.1, -0.05) is 24.3 Å². The largest absolute Gasteiger partial charge is 0.768 e. The Labute approximate surface area is 233 Å². The Bertz CT molecular complexity index is 1410. The molecule has 0 spiro atoms. The highest BCUT2D eigenvalue weighted by atomic mass is 32.2. The number of benzene rings is 2. The summed E-state index contributed by atoms with van der Waals surface area (Å²) in [6.07, 6.45) is -4.87. The van der Waals surface area contributed by atoms with E-state index in [0.29, 0.717) is 11.1 Å². The first-order valence-electron chi connectivity index (χ1n) is 11.6. The number of carbonyl (C=O) groups excluding carboxylic acids is 2. The van der Waals surface area contributed by atoms with Crippen molar-refractivity contribution in [1.29, 1.82) is 0 Å². The first kappa shape index (κ1) is 31.0. The summed E-state index contributed by atoms with van der Waals surface area (Å²) in [5, 5.41) is 19.5. The second-order valence-electron chi connectivity index (χ2n) is 8.25. The van der Waals surface area contributed by atoms with Crippen LogP contribution in [0.1, 0.15) is 18.2 Å². The third-order valence-electron chi connectivity index (χ3n) is 5.28. The van der Waals surface area contributed by atoms with Crippen LogP contribution in [0.2, 0.25) is 0 Å². The predicted octanol–water partition coefficient (Wildman–Crippen LogP) is 3.14. The molecule has 1 heterocycles. The third-order valence-corrected chi connectivity index (χ3v) is 5.94. The average molecular weight is 599 g/mol. The molecule has 41 heavy (non-hydrogen) atoms. The minimum Gasteiger partial charge on any atom is -0.768 e. The molecule has 1 unspecified atom stereocenters. The number of rotatable bonds is 12. The van der Waals surface area contributed by atoms with E-state index in [0.717, 1.165) is 22.7 Å². The van der Waals surface area contributed by atoms with Gasteiger partial charge in [0.2, 0.25) is 5.28 Å². The number of carbonyl (C=O) groups is 2. The standard InChI is InChI=1S/C24H24F3N5O8S/c1-16(33)39-15-40-29-32(35)30(2)11-12-38-23(34)13-17-3-5-18(6-4-17)21-14-22(24(25,26)27)28-31(21)19-7-9-20(10-8-19)41(36)37/h3-10,14H,11-13,15H2,1-2H3,(H,36,37)/p-1/b32-29-. The van der Waals surface area contributed by atoms with Crippen molar-refractivity contribution < 1.29 is 50.8 Å². The van der Waals surface area contributed by atoms with Gasteiger partial charge in [0.15, 0.2) is 5.69 Å². The number of halogens is 3. The molecule has 3 aromatic rings. The molecule has 220 valence electrons. The SMILES string of the molecule is CC(=O)OCO/N=[N+](\[O-])N(C)CCOC(=O)Cc1ccc(-c2cc(C(F)(F)F)nn2-c2ccc(S(=O)[O-])cc2)cc1. The van der Waals surface area contributed by atoms with Crippen LogP contribution in [-0.4, -0.2) is 67.5 Å². The van der Waals surface area contributed by atoms with Gasteiger partial charge in [0, 0.05) is 17.4 Å². The molecule has 13 nitrogen and oxygen atoms in total. The number of nitrogens with zero attached hydrogens (tertiary/aromatic N) is 5. The zero-order chi connectivity index (χ0) is 30.2. The van der Waals surface area contributed by atoms with Crippen LogP contribution in [-0.2, 0) is 47.6 Å². The third kappa shape index (κ3) is 9.00. The van der Waals surface area contributed by atoms with Gasteiger partial charge in [-0.2, -0.15) is 18.3 Å². The Morgan fingerprint density at radius 1 is 1.12 bits per heavy atom. The Morgan fingerprint density at radius 2 is 1.78 bits per heavy atom. The van der Waals surface area contributed by atoms with Gasteiger partial charge in [-0.3, -0.25) is 13.8 Å². The van der Waals surface area contributed by atoms with Crippen LogP contribution in [0.5, 0.6) is 0 Å². The topological polar surface area (TPSA) is 161 Å². The molecule has 2 aromatic carbocycles. The molecule has 0 saturated heterocycles. The molecule has 0 aliphatic heterocycles. The van der Waals surface area contributed by atoms with Crippen LogP contribution in [0.15, 0.2) is 64.8 Å². The van der Waals surface area contributed by atoms with E-state index < -0.39 is 41.7 Å². The minimum absolute atomic E-state index is 0.0352. The average Bonchev–Trinajstić information content (AvgIpc) is 3.37. The normalized spacial score (nSPS) is 12.5. The summed E-state index contributed by atoms with van der Waals surface area (Å²) in [7, 11) is 1.35. The summed E-state index contributed by atoms with van der Waals surface area (Å²) < 4.78 is 73.1. The molecule has 0 fully saturated rings. The van der Waals surface area contributed by atoms with E-state index in [-0.39, 0.29) is 40.8 Å². The maximum Gasteiger partial charge on any atom is 0.435 e. The number of hydrogen-bond donors (Lipinski definition) is 0. The van der Waals surface area contributed by atoms with Crippen molar-refractivity contribution in [3.8, 4) is 16.9 Å². The summed E-state index contributed by atoms with van der Waals surface area (Å²) in [5.41, 5.74) is 0.0360. The highest BCUT2D eigenvalue weighted by Crippen LogP contribution is 2.33. The van der Waals surface area contributed by atoms with E-state index in [1.54, 1.807) is 0 Å². The van der Waals surface area contributed by atoms with Gasteiger partial charge in [0.1, 0.15) is 13.2 Å². The van der Waals surface area contributed by atoms with Crippen molar-refractivity contribution in [2.45, 2.75) is 24.4 Å². The Morgan fingerprint density at radius 3 is 2.37 bits per heavy atom. The lowest BCUT2D eigenvalue weighted by atomic mass is 10.1. The molecule has 0 amide bonds. The molecule has 17 heteroatoms. The molecule has 3 rings (SSSR count). The number of hydrogen-bond acceptors (Lipinski definition) is 10. The highest BCUT2D eigenvalue weighted by Gasteiger charge is 2.35. The fourth-order valence-corrected chi connectivity index (χ4v) is 3.61. The lowest BCUT2D eigenvalue weighted by molar-refractivity contribution is -0.706. The van der Waals surface area contributed by atoms with Gasteiger partial charge in [0.05, 0.1) is 29.8 Å². The van der Waals surface area contributed by atoms with Crippen molar-refractivity contribution in [2.24, 2.45) is 5.28 Å². The number of esters is 2. The monoisotopic (exact) mass is 598 g/mol. The second kappa shape index (κ2) is 13.7. The van der Waals surface area contributed by atoms with Gasteiger partial charge in [0.25, 0.3) is 6.79 Å². The van der Waals surface area contributed by atoms with Crippen molar-refractivity contribution in [2.75, 3.05) is 27.0 Å². The minimum atomic E-state index is -4.72. The molecule has 1 atom stereocenters. The first-order chi connectivity index (χ1) is 19.3. The second-order valence-corrected chi connectivity index (χ2v) is 9.19. The molecular weight excluding hydrogens is 575 g/mol. The van der Waals surface area contributed by atoms with Crippen LogP contribution in [0, 0.1) is 5.21 Å².